The number of esters is 2. The summed E-state index contributed by atoms with van der Waals surface area (Å²) in [5.74, 6) is -0.161. The molecule has 0 spiro atoms. The van der Waals surface area contributed by atoms with Crippen molar-refractivity contribution in [3.63, 3.8) is 0 Å². The van der Waals surface area contributed by atoms with Crippen LogP contribution in [0.15, 0.2) is 0 Å². The molecule has 0 aliphatic rings. The molecule has 0 saturated carbocycles. The van der Waals surface area contributed by atoms with Gasteiger partial charge in [0.1, 0.15) is 0 Å². The van der Waals surface area contributed by atoms with Crippen molar-refractivity contribution in [2.24, 2.45) is 0 Å². The van der Waals surface area contributed by atoms with Crippen LogP contribution in [-0.2, 0) is 19.1 Å². The molecule has 0 unspecified atom stereocenters. The average Bonchev–Trinajstić information content (AvgIpc) is 2.39. The van der Waals surface area contributed by atoms with Gasteiger partial charge in [0.05, 0.1) is 12.2 Å². The van der Waals surface area contributed by atoms with Gasteiger partial charge in [-0.3, -0.25) is 9.59 Å². The predicted octanol–water partition coefficient (Wildman–Crippen LogP) is 4.79. The monoisotopic (exact) mass is 314 g/mol. The van der Waals surface area contributed by atoms with Crippen LogP contribution in [0, 0.1) is 0 Å². The number of carbonyl (C=O) groups is 2. The van der Waals surface area contributed by atoms with E-state index in [0.717, 1.165) is 25.7 Å². The predicted molar refractivity (Wildman–Crippen MR) is 88.6 cm³/mol. The van der Waals surface area contributed by atoms with Crippen molar-refractivity contribution in [1.29, 1.82) is 0 Å². The van der Waals surface area contributed by atoms with Gasteiger partial charge in [0.15, 0.2) is 0 Å². The van der Waals surface area contributed by atoms with Crippen LogP contribution in [0.2, 0.25) is 0 Å². The molecule has 22 heavy (non-hydrogen) atoms. The lowest BCUT2D eigenvalue weighted by atomic mass is 10.1. The number of hydrogen-bond donors (Lipinski definition) is 0. The summed E-state index contributed by atoms with van der Waals surface area (Å²) in [6.07, 6.45) is 9.84. The van der Waals surface area contributed by atoms with Gasteiger partial charge in [0, 0.05) is 12.8 Å². The standard InChI is InChI=1S/C18H34O4/c1-15(2)21-17(19)13-11-9-7-5-6-8-10-12-14-18(20)22-16(3)4/h15-16H,5-14H2,1-4H3. The van der Waals surface area contributed by atoms with Gasteiger partial charge in [-0.15, -0.1) is 0 Å². The topological polar surface area (TPSA) is 52.6 Å². The lowest BCUT2D eigenvalue weighted by Gasteiger charge is -2.08. The lowest BCUT2D eigenvalue weighted by Crippen LogP contribution is -2.10. The smallest absolute Gasteiger partial charge is 0.306 e. The van der Waals surface area contributed by atoms with E-state index in [2.05, 4.69) is 0 Å². The third-order valence-corrected chi connectivity index (χ3v) is 3.25. The maximum Gasteiger partial charge on any atom is 0.306 e. The van der Waals surface area contributed by atoms with Gasteiger partial charge < -0.3 is 9.47 Å². The highest BCUT2D eigenvalue weighted by molar-refractivity contribution is 5.69. The first kappa shape index (κ1) is 20.9. The molecule has 0 aromatic heterocycles. The second-order valence-corrected chi connectivity index (χ2v) is 6.41. The summed E-state index contributed by atoms with van der Waals surface area (Å²) < 4.78 is 10.2. The zero-order valence-corrected chi connectivity index (χ0v) is 14.9. The van der Waals surface area contributed by atoms with Gasteiger partial charge in [0.25, 0.3) is 0 Å². The second kappa shape index (κ2) is 13.6. The first-order valence-corrected chi connectivity index (χ1v) is 8.80. The Labute approximate surface area is 135 Å². The highest BCUT2D eigenvalue weighted by Gasteiger charge is 2.05. The summed E-state index contributed by atoms with van der Waals surface area (Å²) in [4.78, 5) is 22.6. The van der Waals surface area contributed by atoms with E-state index in [1.165, 1.54) is 25.7 Å². The second-order valence-electron chi connectivity index (χ2n) is 6.41. The van der Waals surface area contributed by atoms with Crippen LogP contribution >= 0.6 is 0 Å². The Hall–Kier alpha value is -1.06. The maximum absolute atomic E-state index is 11.3. The fraction of sp³-hybridized carbons (Fsp3) is 0.889. The molecule has 0 heterocycles. The molecule has 0 aromatic rings. The fourth-order valence-electron chi connectivity index (χ4n) is 2.24. The van der Waals surface area contributed by atoms with E-state index in [1.807, 2.05) is 27.7 Å². The molecule has 130 valence electrons. The Morgan fingerprint density at radius 3 is 1.14 bits per heavy atom. The van der Waals surface area contributed by atoms with Gasteiger partial charge >= 0.3 is 11.9 Å². The lowest BCUT2D eigenvalue weighted by molar-refractivity contribution is -0.148. The van der Waals surface area contributed by atoms with Crippen LogP contribution in [-0.4, -0.2) is 24.1 Å². The van der Waals surface area contributed by atoms with E-state index < -0.39 is 0 Å². The number of carbonyl (C=O) groups excluding carboxylic acids is 2. The summed E-state index contributed by atoms with van der Waals surface area (Å²) in [6, 6.07) is 0. The van der Waals surface area contributed by atoms with E-state index in [1.54, 1.807) is 0 Å². The third kappa shape index (κ3) is 15.3. The molecule has 0 atom stereocenters. The van der Waals surface area contributed by atoms with E-state index in [9.17, 15) is 9.59 Å². The van der Waals surface area contributed by atoms with Crippen LogP contribution < -0.4 is 0 Å². The molecule has 0 aliphatic heterocycles. The van der Waals surface area contributed by atoms with Gasteiger partial charge in [-0.05, 0) is 40.5 Å². The number of ether oxygens (including phenoxy) is 2. The van der Waals surface area contributed by atoms with Crippen molar-refractivity contribution in [3.8, 4) is 0 Å². The first-order chi connectivity index (χ1) is 10.4. The van der Waals surface area contributed by atoms with Gasteiger partial charge in [-0.2, -0.15) is 0 Å². The number of hydrogen-bond acceptors (Lipinski definition) is 4. The van der Waals surface area contributed by atoms with Crippen LogP contribution in [0.4, 0.5) is 0 Å². The molecule has 0 fully saturated rings. The summed E-state index contributed by atoms with van der Waals surface area (Å²) in [5, 5.41) is 0. The molecule has 0 N–H and O–H groups in total. The van der Waals surface area contributed by atoms with E-state index in [4.69, 9.17) is 9.47 Å². The molecular formula is C18H34O4. The minimum Gasteiger partial charge on any atom is -0.463 e. The van der Waals surface area contributed by atoms with Crippen molar-refractivity contribution < 1.29 is 19.1 Å². The molecule has 0 radical (unpaired) electrons. The van der Waals surface area contributed by atoms with E-state index >= 15 is 0 Å². The third-order valence-electron chi connectivity index (χ3n) is 3.25. The zero-order valence-electron chi connectivity index (χ0n) is 14.9. The summed E-state index contributed by atoms with van der Waals surface area (Å²) in [7, 11) is 0. The van der Waals surface area contributed by atoms with Crippen molar-refractivity contribution in [3.05, 3.63) is 0 Å². The highest BCUT2D eigenvalue weighted by atomic mass is 16.5. The maximum atomic E-state index is 11.3. The largest absolute Gasteiger partial charge is 0.463 e. The summed E-state index contributed by atoms with van der Waals surface area (Å²) >= 11 is 0. The molecule has 0 aromatic carbocycles. The Morgan fingerprint density at radius 2 is 0.864 bits per heavy atom. The first-order valence-electron chi connectivity index (χ1n) is 8.80. The highest BCUT2D eigenvalue weighted by Crippen LogP contribution is 2.11. The Bertz CT molecular complexity index is 267. The van der Waals surface area contributed by atoms with Crippen molar-refractivity contribution in [1.82, 2.24) is 0 Å². The van der Waals surface area contributed by atoms with Crippen molar-refractivity contribution >= 4 is 11.9 Å². The Balaban J connectivity index is 3.24. The van der Waals surface area contributed by atoms with E-state index in [-0.39, 0.29) is 24.1 Å². The van der Waals surface area contributed by atoms with Crippen molar-refractivity contribution in [2.75, 3.05) is 0 Å². The SMILES string of the molecule is CC(C)OC(=O)CCCCCCCCCCC(=O)OC(C)C. The number of unbranched alkanes of at least 4 members (excludes halogenated alkanes) is 7. The van der Waals surface area contributed by atoms with E-state index in [0.29, 0.717) is 12.8 Å². The molecule has 4 heteroatoms. The van der Waals surface area contributed by atoms with Crippen LogP contribution in [0.25, 0.3) is 0 Å². The Kier molecular flexibility index (Phi) is 12.9. The molecular weight excluding hydrogens is 280 g/mol. The molecule has 0 rings (SSSR count). The van der Waals surface area contributed by atoms with Crippen LogP contribution in [0.1, 0.15) is 91.9 Å². The Morgan fingerprint density at radius 1 is 0.591 bits per heavy atom. The van der Waals surface area contributed by atoms with Crippen LogP contribution in [0.5, 0.6) is 0 Å². The van der Waals surface area contributed by atoms with Gasteiger partial charge in [-0.25, -0.2) is 0 Å². The minimum absolute atomic E-state index is 0.00896. The molecule has 0 aliphatic carbocycles. The summed E-state index contributed by atoms with van der Waals surface area (Å²) in [5.41, 5.74) is 0. The average molecular weight is 314 g/mol. The summed E-state index contributed by atoms with van der Waals surface area (Å²) in [6.45, 7) is 7.50. The minimum atomic E-state index is -0.0803. The molecule has 4 nitrogen and oxygen atoms in total. The van der Waals surface area contributed by atoms with Gasteiger partial charge in [0.2, 0.25) is 0 Å². The van der Waals surface area contributed by atoms with Gasteiger partial charge in [-0.1, -0.05) is 38.5 Å². The molecule has 0 amide bonds. The fourth-order valence-corrected chi connectivity index (χ4v) is 2.24. The normalized spacial score (nSPS) is 11.0. The zero-order chi connectivity index (χ0) is 16.8. The number of rotatable bonds is 13. The molecule has 0 saturated heterocycles. The quantitative estimate of drug-likeness (QED) is 0.362. The van der Waals surface area contributed by atoms with Crippen molar-refractivity contribution in [2.45, 2.75) is 104 Å². The van der Waals surface area contributed by atoms with Crippen LogP contribution in [0.3, 0.4) is 0 Å². The molecule has 0 bridgehead atoms.